The molecule has 1 amide bonds. The number of hydrogen-bond acceptors (Lipinski definition) is 7. The molecule has 0 fully saturated rings. The first kappa shape index (κ1) is 25.5. The lowest BCUT2D eigenvalue weighted by atomic mass is 9.99. The summed E-state index contributed by atoms with van der Waals surface area (Å²) >= 11 is 1.64. The molecule has 0 saturated heterocycles. The number of halogens is 1. The Labute approximate surface area is 223 Å². The van der Waals surface area contributed by atoms with Gasteiger partial charge in [-0.15, -0.1) is 21.5 Å². The molecule has 0 unspecified atom stereocenters. The summed E-state index contributed by atoms with van der Waals surface area (Å²) in [5.41, 5.74) is 5.01. The standard InChI is InChI=1S/C28H26FN5O3S/c1-15-16(2)38-28-25(15)26(31-22(14-24(36)37-4)27-33-32-17(3)34(27)28)19-7-11-21(12-8-19)30-23(35)13-18-5-9-20(29)10-6-18/h5-12,22H,13-14H2,1-4H3,(H,30,35)/t22-/m0/s1. The first-order valence-electron chi connectivity index (χ1n) is 12.1. The van der Waals surface area contributed by atoms with Crippen molar-refractivity contribution in [2.75, 3.05) is 12.4 Å². The van der Waals surface area contributed by atoms with E-state index in [1.165, 1.54) is 19.2 Å². The van der Waals surface area contributed by atoms with E-state index in [1.54, 1.807) is 23.5 Å². The van der Waals surface area contributed by atoms with Gasteiger partial charge in [-0.1, -0.05) is 24.3 Å². The molecule has 1 aliphatic rings. The number of amides is 1. The maximum atomic E-state index is 13.1. The lowest BCUT2D eigenvalue weighted by Gasteiger charge is -2.12. The molecule has 0 bridgehead atoms. The molecule has 8 nitrogen and oxygen atoms in total. The maximum absolute atomic E-state index is 13.1. The summed E-state index contributed by atoms with van der Waals surface area (Å²) in [4.78, 5) is 31.0. The summed E-state index contributed by atoms with van der Waals surface area (Å²) in [6, 6.07) is 12.7. The summed E-state index contributed by atoms with van der Waals surface area (Å²) in [6.07, 6.45) is 0.169. The van der Waals surface area contributed by atoms with Crippen LogP contribution in [0.2, 0.25) is 0 Å². The number of carbonyl (C=O) groups excluding carboxylic acids is 2. The average Bonchev–Trinajstić information content (AvgIpc) is 3.37. The lowest BCUT2D eigenvalue weighted by Crippen LogP contribution is -2.14. The minimum atomic E-state index is -0.576. The number of nitrogens with zero attached hydrogens (tertiary/aromatic N) is 4. The van der Waals surface area contributed by atoms with E-state index < -0.39 is 6.04 Å². The first-order valence-corrected chi connectivity index (χ1v) is 12.9. The molecule has 4 aromatic rings. The van der Waals surface area contributed by atoms with Crippen LogP contribution in [-0.2, 0) is 20.7 Å². The number of aromatic nitrogens is 3. The molecule has 0 spiro atoms. The second kappa shape index (κ2) is 10.3. The third-order valence-electron chi connectivity index (χ3n) is 6.55. The second-order valence-electron chi connectivity index (χ2n) is 9.11. The Morgan fingerprint density at radius 3 is 2.45 bits per heavy atom. The van der Waals surface area contributed by atoms with Crippen LogP contribution in [0.25, 0.3) is 5.00 Å². The Morgan fingerprint density at radius 2 is 1.76 bits per heavy atom. The molecular formula is C28H26FN5O3S. The van der Waals surface area contributed by atoms with Gasteiger partial charge in [-0.05, 0) is 56.2 Å². The van der Waals surface area contributed by atoms with Gasteiger partial charge in [0.2, 0.25) is 5.91 Å². The van der Waals surface area contributed by atoms with Gasteiger partial charge in [-0.2, -0.15) is 0 Å². The predicted molar refractivity (Wildman–Crippen MR) is 144 cm³/mol. The number of thiophene rings is 1. The quantitative estimate of drug-likeness (QED) is 0.352. The number of esters is 1. The van der Waals surface area contributed by atoms with Crippen molar-refractivity contribution in [3.8, 4) is 5.00 Å². The highest BCUT2D eigenvalue weighted by molar-refractivity contribution is 7.15. The monoisotopic (exact) mass is 531 g/mol. The molecule has 3 heterocycles. The Kier molecular flexibility index (Phi) is 6.90. The van der Waals surface area contributed by atoms with E-state index in [0.717, 1.165) is 37.8 Å². The molecule has 10 heteroatoms. The van der Waals surface area contributed by atoms with Crippen LogP contribution >= 0.6 is 11.3 Å². The van der Waals surface area contributed by atoms with Gasteiger partial charge in [0.25, 0.3) is 0 Å². The molecule has 0 aliphatic carbocycles. The molecule has 2 aromatic carbocycles. The Balaban J connectivity index is 1.49. The predicted octanol–water partition coefficient (Wildman–Crippen LogP) is 5.03. The second-order valence-corrected chi connectivity index (χ2v) is 10.3. The molecule has 38 heavy (non-hydrogen) atoms. The van der Waals surface area contributed by atoms with Crippen LogP contribution in [0.3, 0.4) is 0 Å². The number of ether oxygens (including phenoxy) is 1. The van der Waals surface area contributed by atoms with Gasteiger partial charge >= 0.3 is 5.97 Å². The smallest absolute Gasteiger partial charge is 0.308 e. The molecule has 1 N–H and O–H groups in total. The van der Waals surface area contributed by atoms with Gasteiger partial charge in [-0.3, -0.25) is 19.1 Å². The summed E-state index contributed by atoms with van der Waals surface area (Å²) in [5, 5.41) is 12.5. The van der Waals surface area contributed by atoms with Crippen LogP contribution in [-0.4, -0.2) is 39.5 Å². The van der Waals surface area contributed by atoms with Crippen molar-refractivity contribution in [2.24, 2.45) is 4.99 Å². The zero-order valence-corrected chi connectivity index (χ0v) is 22.2. The summed E-state index contributed by atoms with van der Waals surface area (Å²) in [7, 11) is 1.35. The van der Waals surface area contributed by atoms with Crippen molar-refractivity contribution in [1.29, 1.82) is 0 Å². The Morgan fingerprint density at radius 1 is 1.05 bits per heavy atom. The van der Waals surface area contributed by atoms with Gasteiger partial charge in [0.1, 0.15) is 22.7 Å². The topological polar surface area (TPSA) is 98.5 Å². The number of methoxy groups -OCH3 is 1. The van der Waals surface area contributed by atoms with Crippen molar-refractivity contribution >= 4 is 34.6 Å². The molecular weight excluding hydrogens is 505 g/mol. The number of aryl methyl sites for hydroxylation is 2. The number of rotatable bonds is 6. The van der Waals surface area contributed by atoms with Crippen LogP contribution in [0.15, 0.2) is 53.5 Å². The van der Waals surface area contributed by atoms with Crippen LogP contribution in [0.5, 0.6) is 0 Å². The van der Waals surface area contributed by atoms with Crippen LogP contribution in [0.1, 0.15) is 51.2 Å². The largest absolute Gasteiger partial charge is 0.469 e. The Bertz CT molecular complexity index is 1550. The fourth-order valence-corrected chi connectivity index (χ4v) is 5.68. The van der Waals surface area contributed by atoms with Crippen molar-refractivity contribution in [2.45, 2.75) is 39.7 Å². The van der Waals surface area contributed by atoms with E-state index in [2.05, 4.69) is 29.4 Å². The van der Waals surface area contributed by atoms with E-state index in [0.29, 0.717) is 17.3 Å². The highest BCUT2D eigenvalue weighted by Gasteiger charge is 2.32. The minimum Gasteiger partial charge on any atom is -0.469 e. The molecule has 194 valence electrons. The zero-order valence-electron chi connectivity index (χ0n) is 21.4. The van der Waals surface area contributed by atoms with Gasteiger partial charge < -0.3 is 10.1 Å². The SMILES string of the molecule is COC(=O)C[C@@H]1N=C(c2ccc(NC(=O)Cc3ccc(F)cc3)cc2)c2c(sc(C)c2C)-n2c(C)nnc21. The molecule has 2 aromatic heterocycles. The Hall–Kier alpha value is -4.18. The third kappa shape index (κ3) is 4.87. The minimum absolute atomic E-state index is 0.0304. The first-order chi connectivity index (χ1) is 18.2. The van der Waals surface area contributed by atoms with E-state index in [9.17, 15) is 14.0 Å². The van der Waals surface area contributed by atoms with E-state index in [1.807, 2.05) is 35.8 Å². The fraction of sp³-hybridized carbons (Fsp3) is 0.250. The van der Waals surface area contributed by atoms with Gasteiger partial charge in [-0.25, -0.2) is 4.39 Å². The van der Waals surface area contributed by atoms with Crippen molar-refractivity contribution < 1.29 is 18.7 Å². The number of benzene rings is 2. The molecule has 0 saturated carbocycles. The summed E-state index contributed by atoms with van der Waals surface area (Å²) in [6.45, 7) is 6.01. The van der Waals surface area contributed by atoms with E-state index in [-0.39, 0.29) is 30.5 Å². The highest BCUT2D eigenvalue weighted by atomic mass is 32.1. The van der Waals surface area contributed by atoms with Gasteiger partial charge in [0.05, 0.1) is 25.7 Å². The summed E-state index contributed by atoms with van der Waals surface area (Å²) < 4.78 is 20.1. The van der Waals surface area contributed by atoms with Crippen LogP contribution in [0.4, 0.5) is 10.1 Å². The zero-order chi connectivity index (χ0) is 27.0. The highest BCUT2D eigenvalue weighted by Crippen LogP contribution is 2.39. The number of anilines is 1. The van der Waals surface area contributed by atoms with Crippen molar-refractivity contribution in [1.82, 2.24) is 14.8 Å². The third-order valence-corrected chi connectivity index (χ3v) is 7.74. The van der Waals surface area contributed by atoms with E-state index in [4.69, 9.17) is 9.73 Å². The summed E-state index contributed by atoms with van der Waals surface area (Å²) in [5.74, 6) is 0.384. The average molecular weight is 532 g/mol. The molecule has 0 radical (unpaired) electrons. The number of carbonyl (C=O) groups is 2. The van der Waals surface area contributed by atoms with Crippen LogP contribution < -0.4 is 5.32 Å². The molecule has 1 atom stereocenters. The lowest BCUT2D eigenvalue weighted by molar-refractivity contribution is -0.141. The maximum Gasteiger partial charge on any atom is 0.308 e. The molecule has 5 rings (SSSR count). The normalized spacial score (nSPS) is 14.2. The van der Waals surface area contributed by atoms with Gasteiger partial charge in [0.15, 0.2) is 5.82 Å². The molecule has 1 aliphatic heterocycles. The van der Waals surface area contributed by atoms with Crippen molar-refractivity contribution in [3.05, 3.63) is 93.1 Å². The number of hydrogen-bond donors (Lipinski definition) is 1. The fourth-order valence-electron chi connectivity index (χ4n) is 4.47. The number of fused-ring (bicyclic) bond motifs is 3. The number of nitrogens with one attached hydrogen (secondary N) is 1. The van der Waals surface area contributed by atoms with Crippen molar-refractivity contribution in [3.63, 3.8) is 0 Å². The number of aliphatic imine (C=N–C) groups is 1. The van der Waals surface area contributed by atoms with Gasteiger partial charge in [0, 0.05) is 21.7 Å². The van der Waals surface area contributed by atoms with E-state index >= 15 is 0 Å². The van der Waals surface area contributed by atoms with Crippen LogP contribution in [0, 0.1) is 26.6 Å².